The molecule has 0 aliphatic carbocycles. The number of carbonyl (C=O) groups is 3. The first-order chi connectivity index (χ1) is 11.3. The van der Waals surface area contributed by atoms with Crippen LogP contribution in [0.4, 0.5) is 0 Å². The Kier molecular flexibility index (Phi) is 9.49. The minimum atomic E-state index is -2.74. The number of likely N-dealkylation sites (tertiary alicyclic amines) is 1. The number of aliphatic hydroxyl groups is 1. The maximum atomic E-state index is 10.3. The summed E-state index contributed by atoms with van der Waals surface area (Å²) in [6.07, 6.45) is 1.10. The molecule has 0 spiro atoms. The van der Waals surface area contributed by atoms with Crippen LogP contribution in [0, 0.1) is 5.41 Å². The third-order valence-corrected chi connectivity index (χ3v) is 3.76. The third kappa shape index (κ3) is 9.10. The number of carboxylic acids is 3. The first-order valence-corrected chi connectivity index (χ1v) is 8.23. The van der Waals surface area contributed by atoms with E-state index in [4.69, 9.17) is 60.6 Å². The standard InChI is InChI=1S/C7H11Cl3N2.C6H8O7/c8-7(9,10)6(11)12-4-2-1-3-5-12;7-3(8)1-6(13,5(11)12)2-4(9)10/h11H,1-5H2;13H,1-2H2,(H,7,8)(H,9,10)(H,11,12). The monoisotopic (exact) mass is 420 g/mol. The summed E-state index contributed by atoms with van der Waals surface area (Å²) in [4.78, 5) is 32.3. The van der Waals surface area contributed by atoms with Crippen LogP contribution in [0.15, 0.2) is 0 Å². The molecule has 5 N–H and O–H groups in total. The normalized spacial score (nSPS) is 15.0. The molecule has 0 amide bonds. The van der Waals surface area contributed by atoms with Gasteiger partial charge in [-0.3, -0.25) is 15.0 Å². The van der Waals surface area contributed by atoms with Crippen molar-refractivity contribution in [1.82, 2.24) is 4.90 Å². The van der Waals surface area contributed by atoms with Gasteiger partial charge in [-0.25, -0.2) is 4.79 Å². The minimum Gasteiger partial charge on any atom is -0.481 e. The molecule has 1 aliphatic rings. The Hall–Kier alpha value is -1.29. The molecular formula is C13H19Cl3N2O7. The van der Waals surface area contributed by atoms with Crippen molar-refractivity contribution in [3.63, 3.8) is 0 Å². The van der Waals surface area contributed by atoms with Crippen molar-refractivity contribution in [2.24, 2.45) is 0 Å². The second kappa shape index (κ2) is 10.0. The van der Waals surface area contributed by atoms with Crippen molar-refractivity contribution < 1.29 is 34.8 Å². The fraction of sp³-hybridized carbons (Fsp3) is 0.692. The van der Waals surface area contributed by atoms with Crippen LogP contribution in [0.1, 0.15) is 32.1 Å². The summed E-state index contributed by atoms with van der Waals surface area (Å²) in [6, 6.07) is 0. The maximum absolute atomic E-state index is 10.3. The summed E-state index contributed by atoms with van der Waals surface area (Å²) >= 11 is 16.7. The van der Waals surface area contributed by atoms with Crippen LogP contribution in [0.5, 0.6) is 0 Å². The second-order valence-corrected chi connectivity index (χ2v) is 7.65. The summed E-state index contributed by atoms with van der Waals surface area (Å²) in [5.41, 5.74) is -2.74. The molecule has 0 saturated carbocycles. The Morgan fingerprint density at radius 3 is 1.60 bits per heavy atom. The highest BCUT2D eigenvalue weighted by atomic mass is 35.6. The SMILES string of the molecule is N=C(N1CCCCC1)C(Cl)(Cl)Cl.O=C(O)CC(O)(CC(=O)O)C(=O)O. The molecule has 12 heteroatoms. The van der Waals surface area contributed by atoms with Gasteiger partial charge in [0.25, 0.3) is 0 Å². The molecule has 1 saturated heterocycles. The first kappa shape index (κ1) is 23.7. The molecule has 9 nitrogen and oxygen atoms in total. The number of nitrogens with one attached hydrogen (secondary N) is 1. The lowest BCUT2D eigenvalue weighted by Crippen LogP contribution is -2.42. The van der Waals surface area contributed by atoms with Crippen molar-refractivity contribution >= 4 is 58.5 Å². The highest BCUT2D eigenvalue weighted by Gasteiger charge is 2.40. The molecule has 0 unspecified atom stereocenters. The zero-order valence-corrected chi connectivity index (χ0v) is 15.3. The summed E-state index contributed by atoms with van der Waals surface area (Å²) in [7, 11) is 0. The smallest absolute Gasteiger partial charge is 0.336 e. The van der Waals surface area contributed by atoms with Gasteiger partial charge in [0.1, 0.15) is 5.84 Å². The summed E-state index contributed by atoms with van der Waals surface area (Å²) in [5.74, 6) is -4.91. The Morgan fingerprint density at radius 1 is 0.920 bits per heavy atom. The van der Waals surface area contributed by atoms with Crippen molar-refractivity contribution in [2.45, 2.75) is 41.5 Å². The molecule has 1 heterocycles. The van der Waals surface area contributed by atoms with Gasteiger partial charge < -0.3 is 25.3 Å². The van der Waals surface area contributed by atoms with Crippen LogP contribution in [0.2, 0.25) is 0 Å². The van der Waals surface area contributed by atoms with Gasteiger partial charge in [0, 0.05) is 13.1 Å². The van der Waals surface area contributed by atoms with E-state index in [1.54, 1.807) is 0 Å². The Labute approximate surface area is 158 Å². The second-order valence-electron chi connectivity index (χ2n) is 5.37. The van der Waals surface area contributed by atoms with E-state index in [1.165, 1.54) is 6.42 Å². The molecular weight excluding hydrogens is 403 g/mol. The number of hydrogen-bond acceptors (Lipinski definition) is 5. The van der Waals surface area contributed by atoms with Gasteiger partial charge in [-0.15, -0.1) is 0 Å². The Bertz CT molecular complexity index is 500. The Morgan fingerprint density at radius 2 is 1.32 bits per heavy atom. The van der Waals surface area contributed by atoms with E-state index >= 15 is 0 Å². The number of piperidine rings is 1. The van der Waals surface area contributed by atoms with E-state index < -0.39 is 40.1 Å². The predicted molar refractivity (Wildman–Crippen MR) is 90.5 cm³/mol. The average molecular weight is 422 g/mol. The van der Waals surface area contributed by atoms with Crippen LogP contribution < -0.4 is 0 Å². The summed E-state index contributed by atoms with van der Waals surface area (Å²) in [6.45, 7) is 1.68. The van der Waals surface area contributed by atoms with Crippen LogP contribution in [0.25, 0.3) is 0 Å². The van der Waals surface area contributed by atoms with Gasteiger partial charge in [0.2, 0.25) is 3.79 Å². The van der Waals surface area contributed by atoms with Gasteiger partial charge in [-0.05, 0) is 19.3 Å². The zero-order valence-electron chi connectivity index (χ0n) is 13.0. The number of aliphatic carboxylic acids is 3. The van der Waals surface area contributed by atoms with E-state index in [2.05, 4.69) is 0 Å². The van der Waals surface area contributed by atoms with Crippen molar-refractivity contribution in [2.75, 3.05) is 13.1 Å². The fourth-order valence-corrected chi connectivity index (χ4v) is 2.37. The molecule has 0 aromatic heterocycles. The van der Waals surface area contributed by atoms with E-state index in [1.807, 2.05) is 4.90 Å². The topological polar surface area (TPSA) is 159 Å². The minimum absolute atomic E-state index is 0.104. The fourth-order valence-electron chi connectivity index (χ4n) is 2.01. The predicted octanol–water partition coefficient (Wildman–Crippen LogP) is 1.57. The highest BCUT2D eigenvalue weighted by molar-refractivity contribution is 6.76. The third-order valence-electron chi connectivity index (χ3n) is 3.23. The van der Waals surface area contributed by atoms with Gasteiger partial charge >= 0.3 is 17.9 Å². The van der Waals surface area contributed by atoms with E-state index in [-0.39, 0.29) is 5.84 Å². The lowest BCUT2D eigenvalue weighted by atomic mass is 9.96. The molecule has 144 valence electrons. The van der Waals surface area contributed by atoms with Gasteiger partial charge in [0.15, 0.2) is 5.60 Å². The molecule has 0 atom stereocenters. The van der Waals surface area contributed by atoms with Crippen LogP contribution in [-0.2, 0) is 14.4 Å². The lowest BCUT2D eigenvalue weighted by Gasteiger charge is -2.31. The molecule has 0 aromatic carbocycles. The molecule has 25 heavy (non-hydrogen) atoms. The zero-order chi connectivity index (χ0) is 19.8. The average Bonchev–Trinajstić information content (AvgIpc) is 2.45. The van der Waals surface area contributed by atoms with Crippen molar-refractivity contribution in [3.05, 3.63) is 0 Å². The van der Waals surface area contributed by atoms with Gasteiger partial charge in [-0.2, -0.15) is 0 Å². The van der Waals surface area contributed by atoms with Crippen LogP contribution >= 0.6 is 34.8 Å². The molecule has 1 fully saturated rings. The first-order valence-electron chi connectivity index (χ1n) is 7.09. The van der Waals surface area contributed by atoms with Gasteiger partial charge in [0.05, 0.1) is 12.8 Å². The number of rotatable bonds is 5. The number of carboxylic acid groups (broad SMARTS) is 3. The summed E-state index contributed by atoms with van der Waals surface area (Å²) < 4.78 is -1.56. The van der Waals surface area contributed by atoms with E-state index in [0.717, 1.165) is 25.9 Å². The number of alkyl halides is 3. The van der Waals surface area contributed by atoms with E-state index in [0.29, 0.717) is 0 Å². The highest BCUT2D eigenvalue weighted by Crippen LogP contribution is 2.29. The molecule has 1 aliphatic heterocycles. The van der Waals surface area contributed by atoms with Crippen LogP contribution in [0.3, 0.4) is 0 Å². The molecule has 0 radical (unpaired) electrons. The number of halogens is 3. The quantitative estimate of drug-likeness (QED) is 0.254. The molecule has 0 bridgehead atoms. The van der Waals surface area contributed by atoms with Crippen molar-refractivity contribution in [3.8, 4) is 0 Å². The largest absolute Gasteiger partial charge is 0.481 e. The Balaban J connectivity index is 0.000000462. The van der Waals surface area contributed by atoms with E-state index in [9.17, 15) is 14.4 Å². The van der Waals surface area contributed by atoms with Crippen LogP contribution in [-0.4, -0.2) is 71.6 Å². The number of amidine groups is 1. The van der Waals surface area contributed by atoms with Gasteiger partial charge in [-0.1, -0.05) is 34.8 Å². The molecule has 1 rings (SSSR count). The maximum Gasteiger partial charge on any atom is 0.336 e. The number of hydrogen-bond donors (Lipinski definition) is 5. The molecule has 0 aromatic rings. The number of nitrogens with zero attached hydrogens (tertiary/aromatic N) is 1. The van der Waals surface area contributed by atoms with Crippen molar-refractivity contribution in [1.29, 1.82) is 5.41 Å². The lowest BCUT2D eigenvalue weighted by molar-refractivity contribution is -0.170. The summed E-state index contributed by atoms with van der Waals surface area (Å²) in [5, 5.41) is 41.4.